The lowest BCUT2D eigenvalue weighted by Gasteiger charge is -2.12. The van der Waals surface area contributed by atoms with Crippen molar-refractivity contribution in [2.45, 2.75) is 13.0 Å². The van der Waals surface area contributed by atoms with Crippen LogP contribution in [0.15, 0.2) is 34.7 Å². The number of benzene rings is 1. The normalized spacial score (nSPS) is 12.2. The number of hydrogen-bond donors (Lipinski definition) is 1. The van der Waals surface area contributed by atoms with E-state index in [1.54, 1.807) is 6.07 Å². The minimum atomic E-state index is -0.534. The molecule has 1 aromatic heterocycles. The predicted molar refractivity (Wildman–Crippen MR) is 72.3 cm³/mol. The molecule has 0 bridgehead atoms. The number of ether oxygens (including phenoxy) is 1. The first-order chi connectivity index (χ1) is 9.04. The smallest absolute Gasteiger partial charge is 0.373 e. The van der Waals surface area contributed by atoms with Crippen molar-refractivity contribution in [1.29, 1.82) is 0 Å². The monoisotopic (exact) mass is 279 g/mol. The number of aryl methyl sites for hydroxylation is 1. The van der Waals surface area contributed by atoms with Gasteiger partial charge in [0.05, 0.1) is 13.2 Å². The lowest BCUT2D eigenvalue weighted by molar-refractivity contribution is 0.0562. The number of hydrogen-bond acceptors (Lipinski definition) is 4. The highest BCUT2D eigenvalue weighted by atomic mass is 35.5. The van der Waals surface area contributed by atoms with Gasteiger partial charge in [0.25, 0.3) is 0 Å². The van der Waals surface area contributed by atoms with Gasteiger partial charge < -0.3 is 14.9 Å². The minimum Gasteiger partial charge on any atom is -0.463 e. The Labute approximate surface area is 116 Å². The molecule has 1 atom stereocenters. The average molecular weight is 280 g/mol. The number of esters is 1. The zero-order valence-corrected chi connectivity index (χ0v) is 11.4. The fourth-order valence-corrected chi connectivity index (χ4v) is 2.04. The summed E-state index contributed by atoms with van der Waals surface area (Å²) in [6, 6.07) is 8.27. The third kappa shape index (κ3) is 2.64. The molecule has 4 nitrogen and oxygen atoms in total. The van der Waals surface area contributed by atoms with Crippen molar-refractivity contribution >= 4 is 17.6 Å². The third-order valence-electron chi connectivity index (χ3n) is 2.88. The Morgan fingerprint density at radius 2 is 2.11 bits per heavy atom. The molecule has 2 N–H and O–H groups in total. The third-order valence-corrected chi connectivity index (χ3v) is 3.39. The topological polar surface area (TPSA) is 65.5 Å². The van der Waals surface area contributed by atoms with Crippen LogP contribution in [0.3, 0.4) is 0 Å². The van der Waals surface area contributed by atoms with Crippen molar-refractivity contribution in [3.05, 3.63) is 58.0 Å². The zero-order valence-electron chi connectivity index (χ0n) is 10.6. The number of carbonyl (C=O) groups excluding carboxylic acids is 1. The highest BCUT2D eigenvalue weighted by Gasteiger charge is 2.19. The number of rotatable bonds is 3. The van der Waals surface area contributed by atoms with Gasteiger partial charge in [0.2, 0.25) is 5.76 Å². The molecule has 1 aromatic carbocycles. The summed E-state index contributed by atoms with van der Waals surface area (Å²) >= 11 is 6.22. The van der Waals surface area contributed by atoms with E-state index in [2.05, 4.69) is 4.74 Å². The van der Waals surface area contributed by atoms with E-state index in [1.165, 1.54) is 13.2 Å². The molecule has 0 saturated carbocycles. The summed E-state index contributed by atoms with van der Waals surface area (Å²) in [5.41, 5.74) is 7.81. The molecule has 5 heteroatoms. The van der Waals surface area contributed by atoms with E-state index in [0.29, 0.717) is 10.8 Å². The molecule has 0 aliphatic heterocycles. The van der Waals surface area contributed by atoms with Crippen molar-refractivity contribution in [3.8, 4) is 0 Å². The summed E-state index contributed by atoms with van der Waals surface area (Å²) in [4.78, 5) is 11.3. The van der Waals surface area contributed by atoms with Crippen LogP contribution >= 0.6 is 11.6 Å². The van der Waals surface area contributed by atoms with E-state index < -0.39 is 12.0 Å². The summed E-state index contributed by atoms with van der Waals surface area (Å²) in [5, 5.41) is 0.603. The number of methoxy groups -OCH3 is 1. The van der Waals surface area contributed by atoms with Gasteiger partial charge in [-0.25, -0.2) is 4.79 Å². The second kappa shape index (κ2) is 5.47. The highest BCUT2D eigenvalue weighted by Crippen LogP contribution is 2.29. The van der Waals surface area contributed by atoms with Crippen molar-refractivity contribution in [2.75, 3.05) is 7.11 Å². The van der Waals surface area contributed by atoms with Crippen LogP contribution in [0.4, 0.5) is 0 Å². The molecule has 100 valence electrons. The Morgan fingerprint density at radius 3 is 2.79 bits per heavy atom. The molecule has 0 saturated heterocycles. The number of furan rings is 1. The summed E-state index contributed by atoms with van der Waals surface area (Å²) in [5.74, 6) is 0.0541. The van der Waals surface area contributed by atoms with Gasteiger partial charge >= 0.3 is 5.97 Å². The van der Waals surface area contributed by atoms with Crippen LogP contribution in [0.5, 0.6) is 0 Å². The van der Waals surface area contributed by atoms with Crippen molar-refractivity contribution in [1.82, 2.24) is 0 Å². The van der Waals surface area contributed by atoms with E-state index >= 15 is 0 Å². The first-order valence-electron chi connectivity index (χ1n) is 5.73. The molecule has 19 heavy (non-hydrogen) atoms. The fraction of sp³-hybridized carbons (Fsp3) is 0.214. The first-order valence-corrected chi connectivity index (χ1v) is 6.11. The zero-order chi connectivity index (χ0) is 14.0. The van der Waals surface area contributed by atoms with Gasteiger partial charge in [0, 0.05) is 5.02 Å². The minimum absolute atomic E-state index is 0.122. The number of halogens is 1. The maximum Gasteiger partial charge on any atom is 0.373 e. The van der Waals surface area contributed by atoms with Crippen LogP contribution in [0, 0.1) is 6.92 Å². The SMILES string of the molecule is COC(=O)c1ccc(C(N)c2cccc(C)c2Cl)o1. The van der Waals surface area contributed by atoms with E-state index in [4.69, 9.17) is 21.8 Å². The Balaban J connectivity index is 2.34. The van der Waals surface area contributed by atoms with Gasteiger partial charge in [-0.05, 0) is 30.2 Å². The van der Waals surface area contributed by atoms with Crippen LogP contribution < -0.4 is 5.73 Å². The van der Waals surface area contributed by atoms with Crippen LogP contribution in [0.25, 0.3) is 0 Å². The first kappa shape index (κ1) is 13.6. The maximum absolute atomic E-state index is 11.3. The van der Waals surface area contributed by atoms with Gasteiger partial charge in [-0.2, -0.15) is 0 Å². The molecule has 0 aliphatic carbocycles. The molecule has 0 spiro atoms. The van der Waals surface area contributed by atoms with Crippen molar-refractivity contribution in [2.24, 2.45) is 5.73 Å². The van der Waals surface area contributed by atoms with Gasteiger partial charge in [0.15, 0.2) is 0 Å². The molecule has 0 fully saturated rings. The molecule has 0 amide bonds. The largest absolute Gasteiger partial charge is 0.463 e. The van der Waals surface area contributed by atoms with Crippen LogP contribution in [0.2, 0.25) is 5.02 Å². The van der Waals surface area contributed by atoms with Crippen molar-refractivity contribution < 1.29 is 13.9 Å². The molecule has 2 aromatic rings. The molecule has 1 heterocycles. The Kier molecular flexibility index (Phi) is 3.93. The van der Waals surface area contributed by atoms with Gasteiger partial charge in [0.1, 0.15) is 5.76 Å². The molecule has 0 aliphatic rings. The lowest BCUT2D eigenvalue weighted by atomic mass is 10.0. The summed E-state index contributed by atoms with van der Waals surface area (Å²) in [6.45, 7) is 1.90. The van der Waals surface area contributed by atoms with Crippen LogP contribution in [-0.4, -0.2) is 13.1 Å². The number of nitrogens with two attached hydrogens (primary N) is 1. The molecule has 0 radical (unpaired) electrons. The molecular formula is C14H14ClNO3. The summed E-state index contributed by atoms with van der Waals surface area (Å²) < 4.78 is 9.97. The van der Waals surface area contributed by atoms with E-state index in [-0.39, 0.29) is 5.76 Å². The van der Waals surface area contributed by atoms with Crippen LogP contribution in [0.1, 0.15) is 33.5 Å². The van der Waals surface area contributed by atoms with Crippen LogP contribution in [-0.2, 0) is 4.74 Å². The standard InChI is InChI=1S/C14H14ClNO3/c1-8-4-3-5-9(12(8)15)13(16)10-6-7-11(19-10)14(17)18-2/h3-7,13H,16H2,1-2H3. The van der Waals surface area contributed by atoms with E-state index in [1.807, 2.05) is 25.1 Å². The van der Waals surface area contributed by atoms with E-state index in [9.17, 15) is 4.79 Å². The maximum atomic E-state index is 11.3. The van der Waals surface area contributed by atoms with Crippen molar-refractivity contribution in [3.63, 3.8) is 0 Å². The quantitative estimate of drug-likeness (QED) is 0.877. The molecule has 2 rings (SSSR count). The lowest BCUT2D eigenvalue weighted by Crippen LogP contribution is -2.12. The summed E-state index contributed by atoms with van der Waals surface area (Å²) in [7, 11) is 1.29. The Hall–Kier alpha value is -1.78. The highest BCUT2D eigenvalue weighted by molar-refractivity contribution is 6.32. The van der Waals surface area contributed by atoms with Gasteiger partial charge in [-0.3, -0.25) is 0 Å². The Bertz CT molecular complexity index is 606. The van der Waals surface area contributed by atoms with Gasteiger partial charge in [-0.15, -0.1) is 0 Å². The predicted octanol–water partition coefficient (Wildman–Crippen LogP) is 3.08. The molecular weight excluding hydrogens is 266 g/mol. The second-order valence-corrected chi connectivity index (χ2v) is 4.53. The summed E-state index contributed by atoms with van der Waals surface area (Å²) in [6.07, 6.45) is 0. The fourth-order valence-electron chi connectivity index (χ4n) is 1.79. The molecule has 1 unspecified atom stereocenters. The number of carbonyl (C=O) groups is 1. The van der Waals surface area contributed by atoms with Gasteiger partial charge in [-0.1, -0.05) is 29.8 Å². The van der Waals surface area contributed by atoms with E-state index in [0.717, 1.165) is 11.1 Å². The Morgan fingerprint density at radius 1 is 1.37 bits per heavy atom. The second-order valence-electron chi connectivity index (χ2n) is 4.15. The average Bonchev–Trinajstić information content (AvgIpc) is 2.90.